The summed E-state index contributed by atoms with van der Waals surface area (Å²) in [6, 6.07) is 2.26. The maximum atomic E-state index is 8.68. The van der Waals surface area contributed by atoms with E-state index in [0.29, 0.717) is 0 Å². The molecule has 0 radical (unpaired) electrons. The first kappa shape index (κ1) is 6.91. The summed E-state index contributed by atoms with van der Waals surface area (Å²) in [6.07, 6.45) is 5.27. The Kier molecular flexibility index (Phi) is 1.49. The van der Waals surface area contributed by atoms with Crippen molar-refractivity contribution in [1.82, 2.24) is 0 Å². The Morgan fingerprint density at radius 1 is 1.36 bits per heavy atom. The molecule has 2 aliphatic rings. The highest BCUT2D eigenvalue weighted by Gasteiger charge is 2.37. The van der Waals surface area contributed by atoms with Crippen LogP contribution in [-0.4, -0.2) is 0 Å². The second-order valence-corrected chi connectivity index (χ2v) is 3.85. The first-order valence-electron chi connectivity index (χ1n) is 4.40. The smallest absolute Gasteiger partial charge is 0.0943 e. The number of nitrogens with zero attached hydrogens (tertiary/aromatic N) is 1. The van der Waals surface area contributed by atoms with Crippen molar-refractivity contribution < 1.29 is 0 Å². The van der Waals surface area contributed by atoms with E-state index in [1.165, 1.54) is 31.3 Å². The minimum atomic E-state index is 0.952. The van der Waals surface area contributed by atoms with Gasteiger partial charge in [0.1, 0.15) is 0 Å². The summed E-state index contributed by atoms with van der Waals surface area (Å²) in [7, 11) is 0. The molecular formula is C10H13N. The molecule has 58 valence electrons. The van der Waals surface area contributed by atoms with Crippen molar-refractivity contribution in [2.75, 3.05) is 0 Å². The lowest BCUT2D eigenvalue weighted by Crippen LogP contribution is -2.18. The van der Waals surface area contributed by atoms with Gasteiger partial charge >= 0.3 is 0 Å². The predicted octanol–water partition coefficient (Wildman–Crippen LogP) is 2.65. The molecule has 0 aliphatic heterocycles. The zero-order valence-electron chi connectivity index (χ0n) is 6.93. The second kappa shape index (κ2) is 2.37. The van der Waals surface area contributed by atoms with Crippen LogP contribution in [0, 0.1) is 23.2 Å². The fourth-order valence-corrected chi connectivity index (χ4v) is 2.28. The highest BCUT2D eigenvalue weighted by Crippen LogP contribution is 2.49. The van der Waals surface area contributed by atoms with Gasteiger partial charge in [0.05, 0.1) is 6.07 Å². The van der Waals surface area contributed by atoms with Gasteiger partial charge in [-0.3, -0.25) is 0 Å². The zero-order valence-corrected chi connectivity index (χ0v) is 6.93. The summed E-state index contributed by atoms with van der Waals surface area (Å²) in [5.74, 6) is 1.90. The molecule has 0 unspecified atom stereocenters. The average molecular weight is 147 g/mol. The van der Waals surface area contributed by atoms with Crippen molar-refractivity contribution in [2.24, 2.45) is 11.8 Å². The van der Waals surface area contributed by atoms with E-state index in [-0.39, 0.29) is 0 Å². The lowest BCUT2D eigenvalue weighted by Gasteiger charge is -2.28. The Labute approximate surface area is 67.7 Å². The van der Waals surface area contributed by atoms with Crippen LogP contribution in [0.15, 0.2) is 11.1 Å². The third-order valence-corrected chi connectivity index (χ3v) is 3.29. The van der Waals surface area contributed by atoms with E-state index in [0.717, 1.165) is 17.4 Å². The quantitative estimate of drug-likeness (QED) is 0.483. The first-order chi connectivity index (χ1) is 5.31. The topological polar surface area (TPSA) is 23.8 Å². The van der Waals surface area contributed by atoms with Gasteiger partial charge < -0.3 is 0 Å². The van der Waals surface area contributed by atoms with Gasteiger partial charge in [-0.1, -0.05) is 5.57 Å². The third-order valence-electron chi connectivity index (χ3n) is 3.29. The maximum absolute atomic E-state index is 8.68. The molecule has 0 heterocycles. The summed E-state index contributed by atoms with van der Waals surface area (Å²) < 4.78 is 0. The molecular weight excluding hydrogens is 134 g/mol. The molecule has 0 bridgehead atoms. The van der Waals surface area contributed by atoms with E-state index >= 15 is 0 Å². The van der Waals surface area contributed by atoms with Gasteiger partial charge in [-0.15, -0.1) is 0 Å². The fourth-order valence-electron chi connectivity index (χ4n) is 2.28. The molecule has 0 N–H and O–H groups in total. The Bertz CT molecular complexity index is 230. The van der Waals surface area contributed by atoms with E-state index in [1.54, 1.807) is 0 Å². The van der Waals surface area contributed by atoms with E-state index in [9.17, 15) is 0 Å². The SMILES string of the molecule is CC(C#N)=C1C[C@H]2CC[C@H]2C1. The highest BCUT2D eigenvalue weighted by atomic mass is 14.4. The van der Waals surface area contributed by atoms with Crippen LogP contribution >= 0.6 is 0 Å². The number of nitriles is 1. The lowest BCUT2D eigenvalue weighted by atomic mass is 9.77. The van der Waals surface area contributed by atoms with Crippen LogP contribution in [-0.2, 0) is 0 Å². The van der Waals surface area contributed by atoms with Gasteiger partial charge in [0, 0.05) is 5.57 Å². The number of fused-ring (bicyclic) bond motifs is 1. The molecule has 2 fully saturated rings. The maximum Gasteiger partial charge on any atom is 0.0943 e. The second-order valence-electron chi connectivity index (χ2n) is 3.85. The summed E-state index contributed by atoms with van der Waals surface area (Å²) in [5.41, 5.74) is 2.43. The minimum Gasteiger partial charge on any atom is -0.193 e. The van der Waals surface area contributed by atoms with Crippen molar-refractivity contribution in [2.45, 2.75) is 32.6 Å². The van der Waals surface area contributed by atoms with Crippen LogP contribution in [0.5, 0.6) is 0 Å². The fraction of sp³-hybridized carbons (Fsp3) is 0.700. The standard InChI is InChI=1S/C10H13N/c1-7(6-11)10-4-8-2-3-9(8)5-10/h8-9H,2-5H2,1H3/t8-,9+. The molecule has 1 nitrogen and oxygen atoms in total. The zero-order chi connectivity index (χ0) is 7.84. The molecule has 0 spiro atoms. The van der Waals surface area contributed by atoms with Gasteiger partial charge in [0.25, 0.3) is 0 Å². The number of hydrogen-bond donors (Lipinski definition) is 0. The van der Waals surface area contributed by atoms with Gasteiger partial charge in [0.2, 0.25) is 0 Å². The van der Waals surface area contributed by atoms with Gasteiger partial charge in [-0.2, -0.15) is 5.26 Å². The minimum absolute atomic E-state index is 0.952. The Hall–Kier alpha value is -0.770. The van der Waals surface area contributed by atoms with E-state index in [4.69, 9.17) is 5.26 Å². The Morgan fingerprint density at radius 2 is 1.91 bits per heavy atom. The van der Waals surface area contributed by atoms with Crippen LogP contribution in [0.2, 0.25) is 0 Å². The molecule has 1 heteroatoms. The van der Waals surface area contributed by atoms with E-state index in [1.807, 2.05) is 6.92 Å². The first-order valence-corrected chi connectivity index (χ1v) is 4.40. The van der Waals surface area contributed by atoms with Crippen molar-refractivity contribution in [1.29, 1.82) is 5.26 Å². The monoisotopic (exact) mass is 147 g/mol. The molecule has 2 aliphatic carbocycles. The molecule has 0 saturated heterocycles. The Morgan fingerprint density at radius 3 is 2.27 bits per heavy atom. The van der Waals surface area contributed by atoms with Crippen LogP contribution in [0.4, 0.5) is 0 Å². The van der Waals surface area contributed by atoms with Crippen molar-refractivity contribution in [3.05, 3.63) is 11.1 Å². The van der Waals surface area contributed by atoms with Crippen LogP contribution < -0.4 is 0 Å². The molecule has 0 aromatic heterocycles. The van der Waals surface area contributed by atoms with Crippen molar-refractivity contribution >= 4 is 0 Å². The average Bonchev–Trinajstić information content (AvgIpc) is 2.27. The largest absolute Gasteiger partial charge is 0.193 e. The summed E-state index contributed by atoms with van der Waals surface area (Å²) in [5, 5.41) is 8.68. The van der Waals surface area contributed by atoms with Gasteiger partial charge in [-0.05, 0) is 44.4 Å². The summed E-state index contributed by atoms with van der Waals surface area (Å²) in [6.45, 7) is 1.96. The predicted molar refractivity (Wildman–Crippen MR) is 43.8 cm³/mol. The van der Waals surface area contributed by atoms with Crippen LogP contribution in [0.25, 0.3) is 0 Å². The van der Waals surface area contributed by atoms with Crippen molar-refractivity contribution in [3.8, 4) is 6.07 Å². The molecule has 2 rings (SSSR count). The third kappa shape index (κ3) is 0.976. The lowest BCUT2D eigenvalue weighted by molar-refractivity contribution is 0.219. The van der Waals surface area contributed by atoms with E-state index in [2.05, 4.69) is 6.07 Å². The normalized spacial score (nSPS) is 38.9. The number of rotatable bonds is 0. The van der Waals surface area contributed by atoms with E-state index < -0.39 is 0 Å². The van der Waals surface area contributed by atoms with Gasteiger partial charge in [0.15, 0.2) is 0 Å². The van der Waals surface area contributed by atoms with Crippen LogP contribution in [0.1, 0.15) is 32.6 Å². The van der Waals surface area contributed by atoms with Gasteiger partial charge in [-0.25, -0.2) is 0 Å². The number of allylic oxidation sites excluding steroid dienone is 2. The van der Waals surface area contributed by atoms with Crippen molar-refractivity contribution in [3.63, 3.8) is 0 Å². The molecule has 0 aromatic carbocycles. The molecule has 0 amide bonds. The summed E-state index contributed by atoms with van der Waals surface area (Å²) >= 11 is 0. The molecule has 2 atom stereocenters. The summed E-state index contributed by atoms with van der Waals surface area (Å²) in [4.78, 5) is 0. The molecule has 11 heavy (non-hydrogen) atoms. The van der Waals surface area contributed by atoms with Crippen LogP contribution in [0.3, 0.4) is 0 Å². The number of hydrogen-bond acceptors (Lipinski definition) is 1. The molecule has 0 aromatic rings. The molecule has 2 saturated carbocycles. The highest BCUT2D eigenvalue weighted by molar-refractivity contribution is 5.29. The Balaban J connectivity index is 2.15.